The molecule has 0 amide bonds. The number of nitrogen functional groups attached to an aromatic ring is 1. The Balaban J connectivity index is 2.23. The number of carbonyl (C=O) groups is 2. The molecule has 1 saturated heterocycles. The van der Waals surface area contributed by atoms with Crippen molar-refractivity contribution in [2.45, 2.75) is 18.9 Å². The molecule has 0 unspecified atom stereocenters. The van der Waals surface area contributed by atoms with Crippen molar-refractivity contribution in [1.29, 1.82) is 0 Å². The Morgan fingerprint density at radius 1 is 1.11 bits per heavy atom. The smallest absolute Gasteiger partial charge is 0.342 e. The minimum Gasteiger partial charge on any atom is -0.490 e. The Bertz CT molecular complexity index is 945. The van der Waals surface area contributed by atoms with E-state index in [0.717, 1.165) is 0 Å². The fourth-order valence-electron chi connectivity index (χ4n) is 3.07. The first kappa shape index (κ1) is 18.5. The number of rotatable bonds is 5. The lowest BCUT2D eigenvalue weighted by atomic mass is 9.94. The summed E-state index contributed by atoms with van der Waals surface area (Å²) in [7, 11) is 0. The minimum absolute atomic E-state index is 0.166. The molecule has 5 N–H and O–H groups in total. The van der Waals surface area contributed by atoms with Crippen molar-refractivity contribution in [3.63, 3.8) is 0 Å². The number of H-pyrrole nitrogens is 1. The van der Waals surface area contributed by atoms with E-state index in [9.17, 15) is 24.6 Å². The Labute approximate surface area is 153 Å². The number of aromatic nitrogens is 1. The van der Waals surface area contributed by atoms with Gasteiger partial charge in [-0.3, -0.25) is 4.79 Å². The number of aromatic amines is 1. The molecule has 9 heteroatoms. The van der Waals surface area contributed by atoms with Gasteiger partial charge in [-0.1, -0.05) is 18.2 Å². The molecular weight excluding hydrogens is 356 g/mol. The molecule has 0 atom stereocenters. The van der Waals surface area contributed by atoms with Gasteiger partial charge < -0.3 is 30.4 Å². The monoisotopic (exact) mass is 374 g/mol. The number of carboxylic acids is 2. The van der Waals surface area contributed by atoms with Crippen LogP contribution in [0.15, 0.2) is 29.1 Å². The molecule has 1 aromatic heterocycles. The third-order valence-corrected chi connectivity index (χ3v) is 4.29. The highest BCUT2D eigenvalue weighted by atomic mass is 16.5. The second-order valence-electron chi connectivity index (χ2n) is 6.03. The molecule has 3 rings (SSSR count). The van der Waals surface area contributed by atoms with Crippen LogP contribution in [0.2, 0.25) is 0 Å². The van der Waals surface area contributed by atoms with Crippen molar-refractivity contribution in [3.05, 3.63) is 45.7 Å². The number of para-hydroxylation sites is 1. The predicted molar refractivity (Wildman–Crippen MR) is 95.3 cm³/mol. The van der Waals surface area contributed by atoms with Crippen LogP contribution in [0.1, 0.15) is 33.6 Å². The maximum atomic E-state index is 12.2. The molecular formula is C18H18N2O7. The summed E-state index contributed by atoms with van der Waals surface area (Å²) in [5, 5.41) is 19.1. The summed E-state index contributed by atoms with van der Waals surface area (Å²) in [6, 6.07) is 6.37. The average Bonchev–Trinajstić information content (AvgIpc) is 2.61. The Morgan fingerprint density at radius 2 is 1.74 bits per heavy atom. The quantitative estimate of drug-likeness (QED) is 0.615. The second-order valence-corrected chi connectivity index (χ2v) is 6.03. The van der Waals surface area contributed by atoms with E-state index in [1.54, 1.807) is 18.2 Å². The number of nitrogens with two attached hydrogens (primary N) is 1. The predicted octanol–water partition coefficient (Wildman–Crippen LogP) is 1.58. The SMILES string of the molecule is Nc1[nH]c(=O)c(C(=O)O)c(-c2ccccc2OC2CCOCC2)c1C(=O)O. The number of carboxylic acid groups (broad SMARTS) is 2. The highest BCUT2D eigenvalue weighted by Crippen LogP contribution is 2.36. The van der Waals surface area contributed by atoms with Crippen LogP contribution in [0.5, 0.6) is 5.75 Å². The maximum Gasteiger partial charge on any atom is 0.342 e. The summed E-state index contributed by atoms with van der Waals surface area (Å²) in [5.74, 6) is -3.16. The average molecular weight is 374 g/mol. The molecule has 2 heterocycles. The fourth-order valence-corrected chi connectivity index (χ4v) is 3.07. The van der Waals surface area contributed by atoms with Crippen molar-refractivity contribution < 1.29 is 29.3 Å². The van der Waals surface area contributed by atoms with E-state index in [0.29, 0.717) is 26.1 Å². The van der Waals surface area contributed by atoms with Crippen LogP contribution < -0.4 is 16.0 Å². The molecule has 1 fully saturated rings. The minimum atomic E-state index is -1.56. The number of aromatic carboxylic acids is 2. The summed E-state index contributed by atoms with van der Waals surface area (Å²) in [6.45, 7) is 1.07. The highest BCUT2D eigenvalue weighted by Gasteiger charge is 2.29. The van der Waals surface area contributed by atoms with E-state index >= 15 is 0 Å². The standard InChI is InChI=1S/C18H18N2O7/c19-15-13(17(22)23)12(14(18(24)25)16(21)20-15)10-3-1-2-4-11(10)27-9-5-7-26-8-6-9/h1-4,9H,5-8H2,(H,22,23)(H,24,25)(H3,19,20,21). The van der Waals surface area contributed by atoms with Gasteiger partial charge in [0.15, 0.2) is 0 Å². The van der Waals surface area contributed by atoms with E-state index in [1.165, 1.54) is 6.07 Å². The Morgan fingerprint density at radius 3 is 2.37 bits per heavy atom. The summed E-state index contributed by atoms with van der Waals surface area (Å²) < 4.78 is 11.3. The molecule has 1 aromatic carbocycles. The van der Waals surface area contributed by atoms with Gasteiger partial charge in [-0.15, -0.1) is 0 Å². The van der Waals surface area contributed by atoms with Gasteiger partial charge in [-0.05, 0) is 6.07 Å². The first-order valence-electron chi connectivity index (χ1n) is 8.26. The summed E-state index contributed by atoms with van der Waals surface area (Å²) >= 11 is 0. The Hall–Kier alpha value is -3.33. The van der Waals surface area contributed by atoms with Crippen LogP contribution in [-0.2, 0) is 4.74 Å². The van der Waals surface area contributed by atoms with Gasteiger partial charge in [0.2, 0.25) is 0 Å². The third kappa shape index (κ3) is 3.63. The van der Waals surface area contributed by atoms with E-state index in [2.05, 4.69) is 4.98 Å². The van der Waals surface area contributed by atoms with Gasteiger partial charge in [0.25, 0.3) is 5.56 Å². The molecule has 2 aromatic rings. The molecule has 1 aliphatic heterocycles. The lowest BCUT2D eigenvalue weighted by molar-refractivity contribution is 0.0258. The van der Waals surface area contributed by atoms with Gasteiger partial charge in [0.1, 0.15) is 28.8 Å². The van der Waals surface area contributed by atoms with Gasteiger partial charge in [-0.25, -0.2) is 9.59 Å². The van der Waals surface area contributed by atoms with Gasteiger partial charge in [-0.2, -0.15) is 0 Å². The highest BCUT2D eigenvalue weighted by molar-refractivity contribution is 6.08. The normalized spacial score (nSPS) is 14.7. The van der Waals surface area contributed by atoms with E-state index in [4.69, 9.17) is 15.2 Å². The van der Waals surface area contributed by atoms with Crippen molar-refractivity contribution in [3.8, 4) is 16.9 Å². The van der Waals surface area contributed by atoms with E-state index < -0.39 is 34.4 Å². The van der Waals surface area contributed by atoms with Crippen LogP contribution in [0.4, 0.5) is 5.82 Å². The van der Waals surface area contributed by atoms with Crippen LogP contribution in [0.25, 0.3) is 11.1 Å². The lowest BCUT2D eigenvalue weighted by Gasteiger charge is -2.25. The maximum absolute atomic E-state index is 12.2. The summed E-state index contributed by atoms with van der Waals surface area (Å²) in [5.41, 5.74) is 3.40. The largest absolute Gasteiger partial charge is 0.490 e. The molecule has 1 aliphatic rings. The van der Waals surface area contributed by atoms with Crippen LogP contribution >= 0.6 is 0 Å². The number of benzene rings is 1. The van der Waals surface area contributed by atoms with Crippen molar-refractivity contribution in [2.24, 2.45) is 0 Å². The summed E-state index contributed by atoms with van der Waals surface area (Å²) in [4.78, 5) is 37.7. The number of ether oxygens (including phenoxy) is 2. The fraction of sp³-hybridized carbons (Fsp3) is 0.278. The zero-order valence-electron chi connectivity index (χ0n) is 14.2. The summed E-state index contributed by atoms with van der Waals surface area (Å²) in [6.07, 6.45) is 1.12. The number of hydrogen-bond donors (Lipinski definition) is 4. The third-order valence-electron chi connectivity index (χ3n) is 4.29. The zero-order valence-corrected chi connectivity index (χ0v) is 14.2. The second kappa shape index (κ2) is 7.50. The Kier molecular flexibility index (Phi) is 5.13. The first-order valence-corrected chi connectivity index (χ1v) is 8.26. The number of anilines is 1. The van der Waals surface area contributed by atoms with Crippen molar-refractivity contribution in [1.82, 2.24) is 4.98 Å². The molecule has 9 nitrogen and oxygen atoms in total. The number of nitrogens with one attached hydrogen (secondary N) is 1. The topological polar surface area (TPSA) is 152 Å². The van der Waals surface area contributed by atoms with Gasteiger partial charge >= 0.3 is 11.9 Å². The van der Waals surface area contributed by atoms with Crippen LogP contribution in [0.3, 0.4) is 0 Å². The van der Waals surface area contributed by atoms with Crippen molar-refractivity contribution in [2.75, 3.05) is 18.9 Å². The molecule has 27 heavy (non-hydrogen) atoms. The van der Waals surface area contributed by atoms with Crippen LogP contribution in [-0.4, -0.2) is 46.5 Å². The van der Waals surface area contributed by atoms with E-state index in [-0.39, 0.29) is 23.0 Å². The van der Waals surface area contributed by atoms with E-state index in [1.807, 2.05) is 0 Å². The molecule has 0 bridgehead atoms. The van der Waals surface area contributed by atoms with Gasteiger partial charge in [0.05, 0.1) is 13.2 Å². The molecule has 0 radical (unpaired) electrons. The molecule has 0 spiro atoms. The first-order chi connectivity index (χ1) is 12.9. The zero-order chi connectivity index (χ0) is 19.6. The molecule has 142 valence electrons. The molecule has 0 saturated carbocycles. The molecule has 0 aliphatic carbocycles. The van der Waals surface area contributed by atoms with Gasteiger partial charge in [0, 0.05) is 24.0 Å². The number of hydrogen-bond acceptors (Lipinski definition) is 6. The lowest BCUT2D eigenvalue weighted by Crippen LogP contribution is -2.27. The van der Waals surface area contributed by atoms with Crippen molar-refractivity contribution >= 4 is 17.8 Å². The van der Waals surface area contributed by atoms with Crippen LogP contribution in [0, 0.1) is 0 Å². The number of pyridine rings is 1.